The molecule has 0 saturated carbocycles. The van der Waals surface area contributed by atoms with E-state index in [2.05, 4.69) is 4.74 Å². The van der Waals surface area contributed by atoms with E-state index >= 15 is 0 Å². The molecule has 0 aliphatic carbocycles. The van der Waals surface area contributed by atoms with Gasteiger partial charge in [-0.1, -0.05) is 6.07 Å². The molecule has 25 heavy (non-hydrogen) atoms. The maximum atomic E-state index is 13.7. The van der Waals surface area contributed by atoms with E-state index in [0.29, 0.717) is 5.69 Å². The van der Waals surface area contributed by atoms with Gasteiger partial charge in [-0.3, -0.25) is 0 Å². The number of nitrogens with zero attached hydrogens (tertiary/aromatic N) is 1. The largest absolute Gasteiger partial charge is 0.465 e. The van der Waals surface area contributed by atoms with Crippen LogP contribution in [0.2, 0.25) is 0 Å². The Labute approximate surface area is 149 Å². The van der Waals surface area contributed by atoms with Crippen molar-refractivity contribution in [1.29, 1.82) is 0 Å². The molecule has 0 fully saturated rings. The number of halogens is 1. The van der Waals surface area contributed by atoms with Crippen molar-refractivity contribution >= 4 is 38.9 Å². The van der Waals surface area contributed by atoms with Crippen molar-refractivity contribution in [1.82, 2.24) is 0 Å². The molecular weight excluding hydrogens is 365 g/mol. The van der Waals surface area contributed by atoms with Crippen molar-refractivity contribution in [2.24, 2.45) is 0 Å². The summed E-state index contributed by atoms with van der Waals surface area (Å²) in [5.41, 5.74) is 0.920. The van der Waals surface area contributed by atoms with Gasteiger partial charge in [0.1, 0.15) is 5.82 Å². The minimum Gasteiger partial charge on any atom is -0.465 e. The number of thioether (sulfide) groups is 1. The highest BCUT2D eigenvalue weighted by atomic mass is 32.2. The van der Waals surface area contributed by atoms with Gasteiger partial charge in [0.05, 0.1) is 17.7 Å². The minimum atomic E-state index is -4.17. The van der Waals surface area contributed by atoms with Crippen molar-refractivity contribution in [2.75, 3.05) is 18.3 Å². The molecule has 0 N–H and O–H groups in total. The van der Waals surface area contributed by atoms with E-state index in [-0.39, 0.29) is 10.6 Å². The first-order chi connectivity index (χ1) is 11.9. The zero-order valence-corrected chi connectivity index (χ0v) is 15.0. The first kappa shape index (κ1) is 17.5. The molecule has 2 aromatic carbocycles. The Balaban J connectivity index is 2.28. The smallest absolute Gasteiger partial charge is 0.351 e. The van der Waals surface area contributed by atoms with Crippen molar-refractivity contribution in [3.05, 3.63) is 59.4 Å². The number of hydrogen-bond acceptors (Lipinski definition) is 6. The van der Waals surface area contributed by atoms with E-state index in [1.807, 2.05) is 24.5 Å². The van der Waals surface area contributed by atoms with Crippen molar-refractivity contribution in [2.45, 2.75) is 9.79 Å². The van der Waals surface area contributed by atoms with Crippen molar-refractivity contribution in [3.63, 3.8) is 0 Å². The third-order valence-electron chi connectivity index (χ3n) is 3.72. The number of carbonyl (C=O) groups is 1. The van der Waals surface area contributed by atoms with Crippen molar-refractivity contribution in [3.8, 4) is 0 Å². The molecule has 130 valence electrons. The summed E-state index contributed by atoms with van der Waals surface area (Å²) in [5.74, 6) is -1.70. The summed E-state index contributed by atoms with van der Waals surface area (Å²) in [5, 5.41) is 0. The molecule has 0 unspecified atom stereocenters. The Morgan fingerprint density at radius 2 is 1.96 bits per heavy atom. The number of benzene rings is 2. The summed E-state index contributed by atoms with van der Waals surface area (Å²) in [7, 11) is -3.08. The van der Waals surface area contributed by atoms with Gasteiger partial charge in [-0.25, -0.2) is 17.6 Å². The number of rotatable bonds is 3. The van der Waals surface area contributed by atoms with Crippen LogP contribution in [-0.2, 0) is 19.4 Å². The quantitative estimate of drug-likeness (QED) is 0.601. The molecule has 0 aromatic heterocycles. The molecule has 1 aliphatic rings. The molecule has 0 amide bonds. The van der Waals surface area contributed by atoms with Crippen LogP contribution in [0.5, 0.6) is 0 Å². The van der Waals surface area contributed by atoms with Gasteiger partial charge in [0.2, 0.25) is 9.84 Å². The minimum absolute atomic E-state index is 0.271. The third kappa shape index (κ3) is 3.03. The molecule has 1 aliphatic heterocycles. The molecular formula is C17H14FNO4S2. The van der Waals surface area contributed by atoms with Crippen LogP contribution in [0.15, 0.2) is 63.4 Å². The van der Waals surface area contributed by atoms with Crippen LogP contribution in [0.3, 0.4) is 0 Å². The Hall–Kier alpha value is -2.32. The SMILES string of the molecule is COC(=O)C1=CN(c2cccc(SC)c2)c2ccc(F)cc2S1(=O)=O. The van der Waals surface area contributed by atoms with Gasteiger partial charge in [-0.15, -0.1) is 11.8 Å². The molecule has 5 nitrogen and oxygen atoms in total. The summed E-state index contributed by atoms with van der Waals surface area (Å²) in [6, 6.07) is 10.8. The van der Waals surface area contributed by atoms with E-state index in [4.69, 9.17) is 0 Å². The highest BCUT2D eigenvalue weighted by Crippen LogP contribution is 2.40. The lowest BCUT2D eigenvalue weighted by Gasteiger charge is -2.28. The first-order valence-electron chi connectivity index (χ1n) is 7.16. The lowest BCUT2D eigenvalue weighted by molar-refractivity contribution is -0.135. The number of hydrogen-bond donors (Lipinski definition) is 0. The highest BCUT2D eigenvalue weighted by Gasteiger charge is 2.36. The summed E-state index contributed by atoms with van der Waals surface area (Å²) in [6.45, 7) is 0. The van der Waals surface area contributed by atoms with Gasteiger partial charge in [0.15, 0.2) is 4.91 Å². The Kier molecular flexibility index (Phi) is 4.57. The summed E-state index contributed by atoms with van der Waals surface area (Å²) >= 11 is 1.52. The zero-order chi connectivity index (χ0) is 18.2. The Morgan fingerprint density at radius 1 is 1.20 bits per heavy atom. The summed E-state index contributed by atoms with van der Waals surface area (Å²) in [4.78, 5) is 13.7. The molecule has 0 bridgehead atoms. The molecule has 0 saturated heterocycles. The van der Waals surface area contributed by atoms with Crippen LogP contribution in [0, 0.1) is 5.82 Å². The third-order valence-corrected chi connectivity index (χ3v) is 6.21. The van der Waals surface area contributed by atoms with Gasteiger partial charge in [-0.05, 0) is 42.7 Å². The topological polar surface area (TPSA) is 63.7 Å². The number of methoxy groups -OCH3 is 1. The van der Waals surface area contributed by atoms with Gasteiger partial charge in [0.25, 0.3) is 0 Å². The average molecular weight is 379 g/mol. The number of anilines is 2. The number of ether oxygens (including phenoxy) is 1. The van der Waals surface area contributed by atoms with Gasteiger partial charge < -0.3 is 9.64 Å². The first-order valence-corrected chi connectivity index (χ1v) is 9.87. The van der Waals surface area contributed by atoms with Crippen LogP contribution in [0.1, 0.15) is 0 Å². The Morgan fingerprint density at radius 3 is 2.64 bits per heavy atom. The number of fused-ring (bicyclic) bond motifs is 1. The van der Waals surface area contributed by atoms with Crippen LogP contribution in [-0.4, -0.2) is 27.8 Å². The molecule has 8 heteroatoms. The number of carbonyl (C=O) groups excluding carboxylic acids is 1. The van der Waals surface area contributed by atoms with Gasteiger partial charge in [0, 0.05) is 16.8 Å². The molecule has 0 atom stereocenters. The van der Waals surface area contributed by atoms with Crippen LogP contribution in [0.4, 0.5) is 15.8 Å². The zero-order valence-electron chi connectivity index (χ0n) is 13.4. The molecule has 3 rings (SSSR count). The average Bonchev–Trinajstić information content (AvgIpc) is 2.61. The van der Waals surface area contributed by atoms with E-state index in [1.165, 1.54) is 30.1 Å². The lowest BCUT2D eigenvalue weighted by atomic mass is 10.2. The maximum absolute atomic E-state index is 13.7. The van der Waals surface area contributed by atoms with E-state index in [1.54, 1.807) is 11.0 Å². The second-order valence-electron chi connectivity index (χ2n) is 5.17. The number of sulfone groups is 1. The summed E-state index contributed by atoms with van der Waals surface area (Å²) < 4.78 is 43.6. The van der Waals surface area contributed by atoms with Crippen LogP contribution in [0.25, 0.3) is 0 Å². The predicted octanol–water partition coefficient (Wildman–Crippen LogP) is 3.49. The van der Waals surface area contributed by atoms with E-state index < -0.39 is 26.5 Å². The molecule has 1 heterocycles. The van der Waals surface area contributed by atoms with Crippen LogP contribution < -0.4 is 4.90 Å². The fourth-order valence-electron chi connectivity index (χ4n) is 2.51. The maximum Gasteiger partial charge on any atom is 0.351 e. The summed E-state index contributed by atoms with van der Waals surface area (Å²) in [6.07, 6.45) is 3.12. The van der Waals surface area contributed by atoms with E-state index in [9.17, 15) is 17.6 Å². The standard InChI is InChI=1S/C17H14FNO4S2/c1-23-17(20)16-10-19(12-4-3-5-13(9-12)24-2)14-7-6-11(18)8-15(14)25(16,21)22/h3-10H,1-2H3. The number of esters is 1. The molecule has 0 spiro atoms. The second-order valence-corrected chi connectivity index (χ2v) is 7.94. The molecule has 2 aromatic rings. The predicted molar refractivity (Wildman–Crippen MR) is 94.0 cm³/mol. The fourth-order valence-corrected chi connectivity index (χ4v) is 4.46. The Bertz CT molecular complexity index is 986. The van der Waals surface area contributed by atoms with Crippen molar-refractivity contribution < 1.29 is 22.3 Å². The highest BCUT2D eigenvalue weighted by molar-refractivity contribution is 7.98. The fraction of sp³-hybridized carbons (Fsp3) is 0.118. The van der Waals surface area contributed by atoms with Gasteiger partial charge in [-0.2, -0.15) is 0 Å². The monoisotopic (exact) mass is 379 g/mol. The van der Waals surface area contributed by atoms with Gasteiger partial charge >= 0.3 is 5.97 Å². The molecule has 0 radical (unpaired) electrons. The normalized spacial score (nSPS) is 15.3. The lowest BCUT2D eigenvalue weighted by Crippen LogP contribution is -2.26. The second kappa shape index (κ2) is 6.53. The van der Waals surface area contributed by atoms with Crippen LogP contribution >= 0.6 is 11.8 Å². The van der Waals surface area contributed by atoms with E-state index in [0.717, 1.165) is 18.1 Å².